The van der Waals surface area contributed by atoms with E-state index >= 15 is 0 Å². The lowest BCUT2D eigenvalue weighted by atomic mass is 9.95. The number of nitrogens with one attached hydrogen (secondary N) is 3. The molecule has 1 aromatic rings. The minimum atomic E-state index is -0.532. The molecule has 0 spiro atoms. The molecule has 1 heterocycles. The fourth-order valence-electron chi connectivity index (χ4n) is 2.46. The Morgan fingerprint density at radius 3 is 2.50 bits per heavy atom. The van der Waals surface area contributed by atoms with Gasteiger partial charge in [0.25, 0.3) is 0 Å². The summed E-state index contributed by atoms with van der Waals surface area (Å²) in [5, 5.41) is 8.86. The Hall–Kier alpha value is -2.34. The second-order valence-electron chi connectivity index (χ2n) is 6.66. The van der Waals surface area contributed by atoms with E-state index in [0.29, 0.717) is 17.8 Å². The zero-order valence-corrected chi connectivity index (χ0v) is 14.6. The van der Waals surface area contributed by atoms with Gasteiger partial charge < -0.3 is 20.7 Å². The Bertz CT molecular complexity index is 633. The number of amides is 2. The molecule has 130 valence electrons. The second kappa shape index (κ2) is 7.49. The molecule has 6 nitrogen and oxygen atoms in total. The third-order valence-corrected chi connectivity index (χ3v) is 3.58. The zero-order chi connectivity index (χ0) is 17.7. The van der Waals surface area contributed by atoms with Crippen LogP contribution in [-0.2, 0) is 9.53 Å². The van der Waals surface area contributed by atoms with Gasteiger partial charge in [-0.2, -0.15) is 0 Å². The van der Waals surface area contributed by atoms with Gasteiger partial charge in [0.05, 0.1) is 18.2 Å². The van der Waals surface area contributed by atoms with Gasteiger partial charge in [-0.3, -0.25) is 0 Å². The van der Waals surface area contributed by atoms with Crippen molar-refractivity contribution in [3.8, 4) is 0 Å². The molecule has 0 unspecified atom stereocenters. The summed E-state index contributed by atoms with van der Waals surface area (Å²) < 4.78 is 5.21. The van der Waals surface area contributed by atoms with Gasteiger partial charge in [-0.15, -0.1) is 0 Å². The smallest absolute Gasteiger partial charge is 0.338 e. The number of carbonyl (C=O) groups excluding carboxylic acids is 2. The first-order valence-electron chi connectivity index (χ1n) is 8.09. The minimum absolute atomic E-state index is 0.148. The Labute approximate surface area is 142 Å². The van der Waals surface area contributed by atoms with Gasteiger partial charge in [0, 0.05) is 17.8 Å². The maximum Gasteiger partial charge on any atom is 0.338 e. The van der Waals surface area contributed by atoms with E-state index in [1.54, 1.807) is 6.92 Å². The lowest BCUT2D eigenvalue weighted by Gasteiger charge is -2.31. The van der Waals surface area contributed by atoms with Crippen LogP contribution in [-0.4, -0.2) is 30.7 Å². The normalized spacial score (nSPS) is 18.0. The summed E-state index contributed by atoms with van der Waals surface area (Å²) in [6.45, 7) is 8.48. The molecule has 24 heavy (non-hydrogen) atoms. The highest BCUT2D eigenvalue weighted by molar-refractivity contribution is 5.95. The van der Waals surface area contributed by atoms with Crippen molar-refractivity contribution in [3.63, 3.8) is 0 Å². The largest absolute Gasteiger partial charge is 0.463 e. The van der Waals surface area contributed by atoms with E-state index in [4.69, 9.17) is 4.74 Å². The van der Waals surface area contributed by atoms with Gasteiger partial charge in [0.15, 0.2) is 0 Å². The van der Waals surface area contributed by atoms with Crippen molar-refractivity contribution >= 4 is 12.0 Å². The Kier molecular flexibility index (Phi) is 5.62. The van der Waals surface area contributed by atoms with Crippen molar-refractivity contribution in [1.82, 2.24) is 16.0 Å². The predicted octanol–water partition coefficient (Wildman–Crippen LogP) is 2.25. The molecule has 0 bridgehead atoms. The van der Waals surface area contributed by atoms with E-state index in [1.807, 2.05) is 51.1 Å². The monoisotopic (exact) mass is 331 g/mol. The number of hydrogen-bond acceptors (Lipinski definition) is 4. The highest BCUT2D eigenvalue weighted by atomic mass is 16.5. The predicted molar refractivity (Wildman–Crippen MR) is 92.3 cm³/mol. The molecule has 1 atom stereocenters. The van der Waals surface area contributed by atoms with Crippen LogP contribution in [0.4, 0.5) is 4.79 Å². The van der Waals surface area contributed by atoms with Crippen molar-refractivity contribution in [1.29, 1.82) is 0 Å². The average Bonchev–Trinajstić information content (AvgIpc) is 2.52. The first-order chi connectivity index (χ1) is 11.3. The summed E-state index contributed by atoms with van der Waals surface area (Å²) in [7, 11) is 0. The lowest BCUT2D eigenvalue weighted by Crippen LogP contribution is -2.49. The fourth-order valence-corrected chi connectivity index (χ4v) is 2.46. The molecular formula is C18H25N3O3. The number of carbonyl (C=O) groups is 2. The van der Waals surface area contributed by atoms with Crippen LogP contribution in [0.15, 0.2) is 41.6 Å². The molecule has 1 aliphatic rings. The van der Waals surface area contributed by atoms with Crippen molar-refractivity contribution in [3.05, 3.63) is 47.2 Å². The Balaban J connectivity index is 2.43. The molecule has 2 amide bonds. The standard InChI is InChI=1S/C18H25N3O3/c1-5-24-16(22)14-13(11-19-18(2,3)4)20-17(23)21-15(14)12-9-7-6-8-10-12/h6-10,15,19H,5,11H2,1-4H3,(H2,20,21,23)/t15-/m1/s1. The molecule has 2 rings (SSSR count). The quantitative estimate of drug-likeness (QED) is 0.723. The second-order valence-corrected chi connectivity index (χ2v) is 6.66. The summed E-state index contributed by atoms with van der Waals surface area (Å²) in [6.07, 6.45) is 0. The molecule has 0 radical (unpaired) electrons. The molecule has 1 aromatic carbocycles. The summed E-state index contributed by atoms with van der Waals surface area (Å²) in [4.78, 5) is 24.6. The van der Waals surface area contributed by atoms with E-state index in [0.717, 1.165) is 5.56 Å². The number of rotatable bonds is 5. The molecule has 0 aliphatic carbocycles. The number of esters is 1. The van der Waals surface area contributed by atoms with Crippen LogP contribution in [0.25, 0.3) is 0 Å². The van der Waals surface area contributed by atoms with E-state index in [2.05, 4.69) is 16.0 Å². The molecule has 1 aliphatic heterocycles. The van der Waals surface area contributed by atoms with Gasteiger partial charge in [0.2, 0.25) is 0 Å². The third kappa shape index (κ3) is 4.58. The van der Waals surface area contributed by atoms with E-state index in [9.17, 15) is 9.59 Å². The van der Waals surface area contributed by atoms with Gasteiger partial charge in [0.1, 0.15) is 0 Å². The molecular weight excluding hydrogens is 306 g/mol. The Morgan fingerprint density at radius 2 is 1.92 bits per heavy atom. The molecule has 0 fully saturated rings. The van der Waals surface area contributed by atoms with Crippen molar-refractivity contribution < 1.29 is 14.3 Å². The fraction of sp³-hybridized carbons (Fsp3) is 0.444. The lowest BCUT2D eigenvalue weighted by molar-refractivity contribution is -0.139. The number of benzene rings is 1. The van der Waals surface area contributed by atoms with Crippen LogP contribution >= 0.6 is 0 Å². The maximum atomic E-state index is 12.5. The molecule has 0 saturated heterocycles. The third-order valence-electron chi connectivity index (χ3n) is 3.58. The molecule has 0 aromatic heterocycles. The van der Waals surface area contributed by atoms with Crippen molar-refractivity contribution in [2.75, 3.05) is 13.2 Å². The summed E-state index contributed by atoms with van der Waals surface area (Å²) >= 11 is 0. The van der Waals surface area contributed by atoms with Crippen molar-refractivity contribution in [2.45, 2.75) is 39.3 Å². The highest BCUT2D eigenvalue weighted by Crippen LogP contribution is 2.27. The summed E-state index contributed by atoms with van der Waals surface area (Å²) in [6, 6.07) is 8.54. The minimum Gasteiger partial charge on any atom is -0.463 e. The summed E-state index contributed by atoms with van der Waals surface area (Å²) in [5.74, 6) is -0.426. The van der Waals surface area contributed by atoms with Gasteiger partial charge in [-0.05, 0) is 33.3 Å². The SMILES string of the molecule is CCOC(=O)C1=C(CNC(C)(C)C)NC(=O)N[C@@H]1c1ccccc1. The van der Waals surface area contributed by atoms with E-state index in [1.165, 1.54) is 0 Å². The Morgan fingerprint density at radius 1 is 1.25 bits per heavy atom. The molecule has 6 heteroatoms. The van der Waals surface area contributed by atoms with Gasteiger partial charge in [-0.1, -0.05) is 30.3 Å². The van der Waals surface area contributed by atoms with Crippen LogP contribution in [0.2, 0.25) is 0 Å². The zero-order valence-electron chi connectivity index (χ0n) is 14.6. The maximum absolute atomic E-state index is 12.5. The van der Waals surface area contributed by atoms with Gasteiger partial charge in [-0.25, -0.2) is 9.59 Å². The van der Waals surface area contributed by atoms with Crippen LogP contribution in [0, 0.1) is 0 Å². The van der Waals surface area contributed by atoms with Crippen molar-refractivity contribution in [2.24, 2.45) is 0 Å². The van der Waals surface area contributed by atoms with E-state index in [-0.39, 0.29) is 18.2 Å². The van der Waals surface area contributed by atoms with Crippen LogP contribution in [0.3, 0.4) is 0 Å². The van der Waals surface area contributed by atoms with Crippen LogP contribution < -0.4 is 16.0 Å². The molecule has 3 N–H and O–H groups in total. The van der Waals surface area contributed by atoms with Crippen LogP contribution in [0.5, 0.6) is 0 Å². The first-order valence-corrected chi connectivity index (χ1v) is 8.09. The number of hydrogen-bond donors (Lipinski definition) is 3. The van der Waals surface area contributed by atoms with E-state index < -0.39 is 12.0 Å². The first kappa shape index (κ1) is 18.0. The number of urea groups is 1. The average molecular weight is 331 g/mol. The molecule has 0 saturated carbocycles. The number of ether oxygens (including phenoxy) is 1. The van der Waals surface area contributed by atoms with Gasteiger partial charge >= 0.3 is 12.0 Å². The highest BCUT2D eigenvalue weighted by Gasteiger charge is 2.33. The van der Waals surface area contributed by atoms with Crippen LogP contribution in [0.1, 0.15) is 39.3 Å². The summed E-state index contributed by atoms with van der Waals surface area (Å²) in [5.41, 5.74) is 1.66. The topological polar surface area (TPSA) is 79.5 Å².